The molecule has 1 fully saturated rings. The minimum atomic E-state index is 0.266. The lowest BCUT2D eigenvalue weighted by atomic mass is 10.0. The molecule has 0 saturated carbocycles. The Morgan fingerprint density at radius 3 is 2.56 bits per heavy atom. The molecule has 1 aliphatic rings. The van der Waals surface area contributed by atoms with Crippen LogP contribution in [0.15, 0.2) is 29.3 Å². The van der Waals surface area contributed by atoms with Crippen LogP contribution in [0.4, 0.5) is 0 Å². The molecule has 1 aromatic rings. The summed E-state index contributed by atoms with van der Waals surface area (Å²) in [6, 6.07) is 8.71. The quantitative estimate of drug-likeness (QED) is 0.513. The van der Waals surface area contributed by atoms with Gasteiger partial charge in [0.2, 0.25) is 5.91 Å². The van der Waals surface area contributed by atoms with Crippen molar-refractivity contribution in [3.8, 4) is 0 Å². The van der Waals surface area contributed by atoms with Gasteiger partial charge in [0.25, 0.3) is 0 Å². The molecule has 0 spiro atoms. The summed E-state index contributed by atoms with van der Waals surface area (Å²) in [7, 11) is 0. The zero-order chi connectivity index (χ0) is 19.6. The molecule has 1 atom stereocenters. The third kappa shape index (κ3) is 7.24. The molecule has 0 radical (unpaired) electrons. The normalized spacial score (nSPS) is 16.1. The summed E-state index contributed by atoms with van der Waals surface area (Å²) >= 11 is 0. The topological polar surface area (TPSA) is 56.7 Å². The van der Waals surface area contributed by atoms with E-state index in [0.29, 0.717) is 31.5 Å². The third-order valence-corrected chi connectivity index (χ3v) is 4.96. The maximum Gasteiger partial charge on any atom is 0.222 e. The zero-order valence-corrected chi connectivity index (χ0v) is 17.4. The number of carbonyl (C=O) groups is 1. The van der Waals surface area contributed by atoms with Gasteiger partial charge in [0.1, 0.15) is 0 Å². The monoisotopic (exact) mass is 372 g/mol. The highest BCUT2D eigenvalue weighted by Gasteiger charge is 2.20. The largest absolute Gasteiger partial charge is 0.357 e. The van der Waals surface area contributed by atoms with Crippen molar-refractivity contribution in [3.05, 3.63) is 35.4 Å². The summed E-state index contributed by atoms with van der Waals surface area (Å²) in [6.45, 7) is 11.8. The Balaban J connectivity index is 2.01. The standard InChI is InChI=1S/C22H36N4O/c1-5-23-22(25-18(4)13-12-17(2)3)24-15-19-9-6-7-10-20(19)16-26-14-8-11-21(26)27/h6-7,9-10,17-18H,5,8,11-16H2,1-4H3,(H2,23,24,25). The number of nitrogens with one attached hydrogen (secondary N) is 2. The highest BCUT2D eigenvalue weighted by molar-refractivity contribution is 5.80. The zero-order valence-electron chi connectivity index (χ0n) is 17.4. The van der Waals surface area contributed by atoms with Gasteiger partial charge in [-0.25, -0.2) is 4.99 Å². The van der Waals surface area contributed by atoms with Crippen LogP contribution in [0.3, 0.4) is 0 Å². The van der Waals surface area contributed by atoms with Gasteiger partial charge in [-0.1, -0.05) is 38.1 Å². The fourth-order valence-corrected chi connectivity index (χ4v) is 3.32. The SMILES string of the molecule is CCNC(=NCc1ccccc1CN1CCCC1=O)NC(C)CCC(C)C. The maximum absolute atomic E-state index is 12.0. The highest BCUT2D eigenvalue weighted by Crippen LogP contribution is 2.18. The predicted octanol–water partition coefficient (Wildman–Crippen LogP) is 3.69. The molecular formula is C22H36N4O. The minimum Gasteiger partial charge on any atom is -0.357 e. The number of hydrogen-bond donors (Lipinski definition) is 2. The Morgan fingerprint density at radius 2 is 1.93 bits per heavy atom. The first-order valence-electron chi connectivity index (χ1n) is 10.4. The van der Waals surface area contributed by atoms with Crippen molar-refractivity contribution in [1.82, 2.24) is 15.5 Å². The van der Waals surface area contributed by atoms with Crippen LogP contribution in [0.1, 0.15) is 64.5 Å². The van der Waals surface area contributed by atoms with E-state index in [2.05, 4.69) is 50.5 Å². The Bertz CT molecular complexity index is 626. The van der Waals surface area contributed by atoms with Crippen LogP contribution < -0.4 is 10.6 Å². The van der Waals surface area contributed by atoms with Gasteiger partial charge in [-0.15, -0.1) is 0 Å². The van der Waals surface area contributed by atoms with Gasteiger partial charge in [-0.05, 0) is 50.2 Å². The van der Waals surface area contributed by atoms with Gasteiger partial charge in [0, 0.05) is 32.1 Å². The molecule has 1 aromatic carbocycles. The van der Waals surface area contributed by atoms with Crippen LogP contribution in [0.2, 0.25) is 0 Å². The number of carbonyl (C=O) groups excluding carboxylic acids is 1. The number of amides is 1. The van der Waals surface area contributed by atoms with Crippen molar-refractivity contribution >= 4 is 11.9 Å². The second kappa shape index (κ2) is 11.0. The molecule has 0 bridgehead atoms. The smallest absolute Gasteiger partial charge is 0.222 e. The third-order valence-electron chi connectivity index (χ3n) is 4.96. The van der Waals surface area contributed by atoms with E-state index in [-0.39, 0.29) is 5.91 Å². The molecular weight excluding hydrogens is 336 g/mol. The second-order valence-electron chi connectivity index (χ2n) is 7.90. The molecule has 2 rings (SSSR count). The molecule has 1 aliphatic heterocycles. The van der Waals surface area contributed by atoms with Crippen molar-refractivity contribution in [2.45, 2.75) is 72.5 Å². The highest BCUT2D eigenvalue weighted by atomic mass is 16.2. The molecule has 2 N–H and O–H groups in total. The fraction of sp³-hybridized carbons (Fsp3) is 0.636. The number of hydrogen-bond acceptors (Lipinski definition) is 2. The van der Waals surface area contributed by atoms with E-state index < -0.39 is 0 Å². The molecule has 1 heterocycles. The summed E-state index contributed by atoms with van der Waals surface area (Å²) in [5.74, 6) is 1.84. The van der Waals surface area contributed by atoms with Crippen LogP contribution in [-0.4, -0.2) is 35.9 Å². The number of guanidine groups is 1. The number of aliphatic imine (C=N–C) groups is 1. The van der Waals surface area contributed by atoms with Crippen LogP contribution >= 0.6 is 0 Å². The summed E-state index contributed by atoms with van der Waals surface area (Å²) in [5, 5.41) is 6.86. The lowest BCUT2D eigenvalue weighted by Crippen LogP contribution is -2.42. The van der Waals surface area contributed by atoms with E-state index in [1.807, 2.05) is 17.0 Å². The average molecular weight is 373 g/mol. The van der Waals surface area contributed by atoms with Crippen LogP contribution in [0, 0.1) is 5.92 Å². The lowest BCUT2D eigenvalue weighted by molar-refractivity contribution is -0.128. The molecule has 27 heavy (non-hydrogen) atoms. The number of benzene rings is 1. The van der Waals surface area contributed by atoms with Gasteiger partial charge < -0.3 is 15.5 Å². The van der Waals surface area contributed by atoms with Gasteiger partial charge in [0.15, 0.2) is 5.96 Å². The van der Waals surface area contributed by atoms with E-state index in [4.69, 9.17) is 4.99 Å². The van der Waals surface area contributed by atoms with E-state index in [1.54, 1.807) is 0 Å². The average Bonchev–Trinajstić information content (AvgIpc) is 3.04. The molecule has 1 unspecified atom stereocenters. The van der Waals surface area contributed by atoms with Crippen molar-refractivity contribution in [2.24, 2.45) is 10.9 Å². The Labute approximate surface area is 164 Å². The van der Waals surface area contributed by atoms with Crippen molar-refractivity contribution in [3.63, 3.8) is 0 Å². The molecule has 5 nitrogen and oxygen atoms in total. The summed E-state index contributed by atoms with van der Waals surface area (Å²) in [4.78, 5) is 18.7. The van der Waals surface area contributed by atoms with Gasteiger partial charge in [0.05, 0.1) is 6.54 Å². The first-order valence-corrected chi connectivity index (χ1v) is 10.4. The number of rotatable bonds is 9. The summed E-state index contributed by atoms with van der Waals surface area (Å²) in [5.41, 5.74) is 2.38. The molecule has 150 valence electrons. The fourth-order valence-electron chi connectivity index (χ4n) is 3.32. The van der Waals surface area contributed by atoms with Gasteiger partial charge >= 0.3 is 0 Å². The van der Waals surface area contributed by atoms with Crippen molar-refractivity contribution in [1.29, 1.82) is 0 Å². The summed E-state index contributed by atoms with van der Waals surface area (Å²) in [6.07, 6.45) is 4.00. The molecule has 0 aliphatic carbocycles. The van der Waals surface area contributed by atoms with Gasteiger partial charge in [-0.2, -0.15) is 0 Å². The molecule has 5 heteroatoms. The molecule has 0 aromatic heterocycles. The minimum absolute atomic E-state index is 0.266. The van der Waals surface area contributed by atoms with Crippen LogP contribution in [-0.2, 0) is 17.9 Å². The van der Waals surface area contributed by atoms with Crippen molar-refractivity contribution in [2.75, 3.05) is 13.1 Å². The van der Waals surface area contributed by atoms with E-state index in [9.17, 15) is 4.79 Å². The summed E-state index contributed by atoms with van der Waals surface area (Å²) < 4.78 is 0. The predicted molar refractivity (Wildman–Crippen MR) is 113 cm³/mol. The van der Waals surface area contributed by atoms with E-state index in [0.717, 1.165) is 31.9 Å². The number of nitrogens with zero attached hydrogens (tertiary/aromatic N) is 2. The van der Waals surface area contributed by atoms with Crippen molar-refractivity contribution < 1.29 is 4.79 Å². The lowest BCUT2D eigenvalue weighted by Gasteiger charge is -2.20. The first-order chi connectivity index (χ1) is 13.0. The second-order valence-corrected chi connectivity index (χ2v) is 7.90. The van der Waals surface area contributed by atoms with Crippen LogP contribution in [0.25, 0.3) is 0 Å². The maximum atomic E-state index is 12.0. The van der Waals surface area contributed by atoms with E-state index >= 15 is 0 Å². The molecule has 1 amide bonds. The van der Waals surface area contributed by atoms with E-state index in [1.165, 1.54) is 17.5 Å². The Kier molecular flexibility index (Phi) is 8.62. The Hall–Kier alpha value is -2.04. The Morgan fingerprint density at radius 1 is 1.19 bits per heavy atom. The first kappa shape index (κ1) is 21.3. The molecule has 1 saturated heterocycles. The number of likely N-dealkylation sites (tertiary alicyclic amines) is 1. The van der Waals surface area contributed by atoms with Gasteiger partial charge in [-0.3, -0.25) is 4.79 Å². The van der Waals surface area contributed by atoms with Crippen LogP contribution in [0.5, 0.6) is 0 Å².